The van der Waals surface area contributed by atoms with E-state index in [0.717, 1.165) is 39.0 Å². The van der Waals surface area contributed by atoms with E-state index < -0.39 is 0 Å². The Morgan fingerprint density at radius 3 is 3.00 bits per heavy atom. The second-order valence-electron chi connectivity index (χ2n) is 2.92. The van der Waals surface area contributed by atoms with E-state index in [1.807, 2.05) is 0 Å². The lowest BCUT2D eigenvalue weighted by Crippen LogP contribution is -2.38. The summed E-state index contributed by atoms with van der Waals surface area (Å²) in [5.41, 5.74) is 0. The number of morpholine rings is 1. The van der Waals surface area contributed by atoms with Gasteiger partial charge in [-0.1, -0.05) is 0 Å². The summed E-state index contributed by atoms with van der Waals surface area (Å²) in [6, 6.07) is 0. The first-order chi connectivity index (χ1) is 5.43. The molecule has 0 aromatic carbocycles. The van der Waals surface area contributed by atoms with Gasteiger partial charge in [-0.05, 0) is 19.3 Å². The van der Waals surface area contributed by atoms with Crippen LogP contribution in [-0.2, 0) is 4.74 Å². The molecule has 11 heavy (non-hydrogen) atoms. The van der Waals surface area contributed by atoms with Crippen molar-refractivity contribution >= 4 is 0 Å². The van der Waals surface area contributed by atoms with E-state index in [1.165, 1.54) is 0 Å². The topological polar surface area (TPSA) is 41.5 Å². The molecule has 1 rings (SSSR count). The Morgan fingerprint density at radius 1 is 1.45 bits per heavy atom. The minimum absolute atomic E-state index is 0.306. The Morgan fingerprint density at radius 2 is 2.36 bits per heavy atom. The molecule has 1 saturated heterocycles. The summed E-state index contributed by atoms with van der Waals surface area (Å²) in [6.07, 6.45) is 3.44. The van der Waals surface area contributed by atoms with Crippen LogP contribution in [0.25, 0.3) is 0 Å². The van der Waals surface area contributed by atoms with Crippen molar-refractivity contribution in [2.75, 3.05) is 26.3 Å². The van der Waals surface area contributed by atoms with Crippen LogP contribution in [0.15, 0.2) is 0 Å². The maximum absolute atomic E-state index is 8.54. The predicted octanol–water partition coefficient (Wildman–Crippen LogP) is 0.137. The molecule has 0 bridgehead atoms. The van der Waals surface area contributed by atoms with Gasteiger partial charge in [0.2, 0.25) is 0 Å². The van der Waals surface area contributed by atoms with Crippen molar-refractivity contribution in [1.82, 2.24) is 5.32 Å². The molecule has 0 aliphatic carbocycles. The molecule has 3 heteroatoms. The van der Waals surface area contributed by atoms with Crippen LogP contribution >= 0.6 is 0 Å². The van der Waals surface area contributed by atoms with Crippen LogP contribution in [0.4, 0.5) is 0 Å². The molecule has 1 aliphatic heterocycles. The van der Waals surface area contributed by atoms with Crippen molar-refractivity contribution in [2.24, 2.45) is 0 Å². The zero-order valence-electron chi connectivity index (χ0n) is 6.88. The summed E-state index contributed by atoms with van der Waals surface area (Å²) < 4.78 is 5.48. The smallest absolute Gasteiger partial charge is 0.0700 e. The van der Waals surface area contributed by atoms with Gasteiger partial charge in [-0.3, -0.25) is 0 Å². The number of nitrogens with one attached hydrogen (secondary N) is 1. The molecule has 1 heterocycles. The minimum atomic E-state index is 0.306. The molecule has 1 unspecified atom stereocenters. The van der Waals surface area contributed by atoms with Crippen molar-refractivity contribution in [2.45, 2.75) is 25.4 Å². The van der Waals surface area contributed by atoms with Crippen LogP contribution in [-0.4, -0.2) is 37.5 Å². The lowest BCUT2D eigenvalue weighted by atomic mass is 10.1. The van der Waals surface area contributed by atoms with E-state index in [9.17, 15) is 0 Å². The van der Waals surface area contributed by atoms with Crippen molar-refractivity contribution in [3.05, 3.63) is 0 Å². The van der Waals surface area contributed by atoms with Gasteiger partial charge in [0.15, 0.2) is 0 Å². The fourth-order valence-corrected chi connectivity index (χ4v) is 1.29. The van der Waals surface area contributed by atoms with E-state index in [2.05, 4.69) is 5.32 Å². The van der Waals surface area contributed by atoms with Gasteiger partial charge in [-0.15, -0.1) is 0 Å². The van der Waals surface area contributed by atoms with E-state index in [1.54, 1.807) is 0 Å². The Kier molecular flexibility index (Phi) is 4.50. The Labute approximate surface area is 67.7 Å². The van der Waals surface area contributed by atoms with Crippen molar-refractivity contribution in [3.8, 4) is 0 Å². The molecule has 0 spiro atoms. The quantitative estimate of drug-likeness (QED) is 0.573. The number of unbranched alkanes of at least 4 members (excludes halogenated alkanes) is 1. The number of rotatable bonds is 4. The molecule has 1 atom stereocenters. The summed E-state index contributed by atoms with van der Waals surface area (Å²) in [5.74, 6) is 0. The van der Waals surface area contributed by atoms with Gasteiger partial charge in [-0.2, -0.15) is 0 Å². The molecule has 1 aliphatic rings. The Hall–Kier alpha value is -0.120. The molecule has 0 radical (unpaired) electrons. The first-order valence-corrected chi connectivity index (χ1v) is 4.36. The fraction of sp³-hybridized carbons (Fsp3) is 1.00. The Bertz CT molecular complexity index is 92.1. The van der Waals surface area contributed by atoms with Crippen LogP contribution in [0.3, 0.4) is 0 Å². The maximum atomic E-state index is 8.54. The average molecular weight is 159 g/mol. The first-order valence-electron chi connectivity index (χ1n) is 4.36. The van der Waals surface area contributed by atoms with Gasteiger partial charge in [0.1, 0.15) is 0 Å². The highest BCUT2D eigenvalue weighted by Gasteiger charge is 2.11. The van der Waals surface area contributed by atoms with Crippen LogP contribution in [0.5, 0.6) is 0 Å². The number of aliphatic hydroxyl groups excluding tert-OH is 1. The third-order valence-corrected chi connectivity index (χ3v) is 1.94. The summed E-state index contributed by atoms with van der Waals surface area (Å²) >= 11 is 0. The second kappa shape index (κ2) is 5.52. The molecule has 1 fully saturated rings. The van der Waals surface area contributed by atoms with Crippen molar-refractivity contribution in [3.63, 3.8) is 0 Å². The third-order valence-electron chi connectivity index (χ3n) is 1.94. The highest BCUT2D eigenvalue weighted by atomic mass is 16.5. The first kappa shape index (κ1) is 8.97. The zero-order valence-corrected chi connectivity index (χ0v) is 6.88. The van der Waals surface area contributed by atoms with Gasteiger partial charge in [0.25, 0.3) is 0 Å². The van der Waals surface area contributed by atoms with E-state index in [0.29, 0.717) is 12.7 Å². The zero-order chi connectivity index (χ0) is 7.94. The number of ether oxygens (including phenoxy) is 1. The van der Waals surface area contributed by atoms with E-state index in [4.69, 9.17) is 9.84 Å². The van der Waals surface area contributed by atoms with Gasteiger partial charge < -0.3 is 15.2 Å². The van der Waals surface area contributed by atoms with E-state index >= 15 is 0 Å². The van der Waals surface area contributed by atoms with E-state index in [-0.39, 0.29) is 0 Å². The summed E-state index contributed by atoms with van der Waals surface area (Å²) in [6.45, 7) is 3.10. The minimum Gasteiger partial charge on any atom is -0.396 e. The lowest BCUT2D eigenvalue weighted by molar-refractivity contribution is 0.0215. The van der Waals surface area contributed by atoms with Crippen molar-refractivity contribution < 1.29 is 9.84 Å². The van der Waals surface area contributed by atoms with Crippen LogP contribution in [0.1, 0.15) is 19.3 Å². The largest absolute Gasteiger partial charge is 0.396 e. The summed E-state index contributed by atoms with van der Waals surface area (Å²) in [4.78, 5) is 0. The molecule has 0 aromatic rings. The SMILES string of the molecule is OCCCCC1CNCCO1. The number of hydrogen-bond donors (Lipinski definition) is 2. The molecule has 0 saturated carbocycles. The van der Waals surface area contributed by atoms with Crippen LogP contribution in [0, 0.1) is 0 Å². The van der Waals surface area contributed by atoms with Gasteiger partial charge in [-0.25, -0.2) is 0 Å². The predicted molar refractivity (Wildman–Crippen MR) is 43.5 cm³/mol. The Balaban J connectivity index is 1.96. The number of aliphatic hydroxyl groups is 1. The fourth-order valence-electron chi connectivity index (χ4n) is 1.29. The molecule has 2 N–H and O–H groups in total. The molecule has 0 amide bonds. The lowest BCUT2D eigenvalue weighted by Gasteiger charge is -2.23. The molecule has 3 nitrogen and oxygen atoms in total. The van der Waals surface area contributed by atoms with Crippen LogP contribution in [0.2, 0.25) is 0 Å². The molecule has 0 aromatic heterocycles. The van der Waals surface area contributed by atoms with Crippen LogP contribution < -0.4 is 5.32 Å². The molecule has 66 valence electrons. The average Bonchev–Trinajstić information content (AvgIpc) is 2.07. The highest BCUT2D eigenvalue weighted by molar-refractivity contribution is 4.66. The van der Waals surface area contributed by atoms with Gasteiger partial charge in [0.05, 0.1) is 12.7 Å². The summed E-state index contributed by atoms with van der Waals surface area (Å²) in [7, 11) is 0. The normalized spacial score (nSPS) is 25.4. The maximum Gasteiger partial charge on any atom is 0.0700 e. The highest BCUT2D eigenvalue weighted by Crippen LogP contribution is 2.05. The standard InChI is InChI=1S/C8H17NO2/c10-5-2-1-3-8-7-9-4-6-11-8/h8-10H,1-7H2. The molecular weight excluding hydrogens is 142 g/mol. The second-order valence-corrected chi connectivity index (χ2v) is 2.92. The molecular formula is C8H17NO2. The summed E-state index contributed by atoms with van der Waals surface area (Å²) in [5, 5.41) is 11.8. The van der Waals surface area contributed by atoms with Gasteiger partial charge >= 0.3 is 0 Å². The third kappa shape index (κ3) is 3.70. The number of hydrogen-bond acceptors (Lipinski definition) is 3. The monoisotopic (exact) mass is 159 g/mol. The van der Waals surface area contributed by atoms with Gasteiger partial charge in [0, 0.05) is 19.7 Å². The van der Waals surface area contributed by atoms with Crippen molar-refractivity contribution in [1.29, 1.82) is 0 Å².